The van der Waals surface area contributed by atoms with Crippen LogP contribution in [0.4, 0.5) is 16.5 Å². The third-order valence-corrected chi connectivity index (χ3v) is 4.60. The quantitative estimate of drug-likeness (QED) is 0.342. The Balaban J connectivity index is 1.87. The van der Waals surface area contributed by atoms with Crippen molar-refractivity contribution in [2.24, 2.45) is 17.3 Å². The third kappa shape index (κ3) is 2.71. The first-order valence-corrected chi connectivity index (χ1v) is 7.63. The van der Waals surface area contributed by atoms with Crippen LogP contribution in [0.25, 0.3) is 0 Å². The maximum Gasteiger partial charge on any atom is 0.408 e. The summed E-state index contributed by atoms with van der Waals surface area (Å²) in [6, 6.07) is 5.90. The highest BCUT2D eigenvalue weighted by atomic mass is 127. The van der Waals surface area contributed by atoms with Crippen LogP contribution in [0.15, 0.2) is 40.0 Å². The normalized spacial score (nSPS) is 14.5. The van der Waals surface area contributed by atoms with Gasteiger partial charge in [0, 0.05) is 11.4 Å². The van der Waals surface area contributed by atoms with Gasteiger partial charge in [0.1, 0.15) is 24.2 Å². The van der Waals surface area contributed by atoms with Crippen LogP contribution >= 0.6 is 34.2 Å². The van der Waals surface area contributed by atoms with Gasteiger partial charge < -0.3 is 7.85 Å². The number of azo groups is 1. The van der Waals surface area contributed by atoms with Crippen molar-refractivity contribution in [3.8, 4) is 5.75 Å². The predicted molar refractivity (Wildman–Crippen MR) is 83.0 cm³/mol. The number of aryl methyl sites for hydroxylation is 1. The van der Waals surface area contributed by atoms with Crippen molar-refractivity contribution in [1.82, 2.24) is 0 Å². The molecule has 0 spiro atoms. The molecule has 0 saturated heterocycles. The number of anilines is 1. The molecule has 7 heteroatoms. The SMILES string of the molecule is C[n+]1ccsc1N=Nc1ccc2c(c1)OCCN2I. The van der Waals surface area contributed by atoms with E-state index in [-0.39, 0.29) is 0 Å². The number of rotatable bonds is 2. The lowest BCUT2D eigenvalue weighted by atomic mass is 10.2. The number of hydrogen-bond donors (Lipinski definition) is 0. The summed E-state index contributed by atoms with van der Waals surface area (Å²) in [5, 5.41) is 11.3. The van der Waals surface area contributed by atoms with Crippen molar-refractivity contribution in [3.63, 3.8) is 0 Å². The minimum absolute atomic E-state index is 0.705. The van der Waals surface area contributed by atoms with Gasteiger partial charge in [0.05, 0.1) is 47.3 Å². The number of fused-ring (bicyclic) bond motifs is 1. The highest BCUT2D eigenvalue weighted by molar-refractivity contribution is 14.1. The van der Waals surface area contributed by atoms with Crippen LogP contribution in [0.1, 0.15) is 0 Å². The highest BCUT2D eigenvalue weighted by Gasteiger charge is 2.16. The summed E-state index contributed by atoms with van der Waals surface area (Å²) in [7, 11) is 1.95. The van der Waals surface area contributed by atoms with Crippen LogP contribution in [0, 0.1) is 0 Å². The zero-order chi connectivity index (χ0) is 13.2. The van der Waals surface area contributed by atoms with E-state index in [1.54, 1.807) is 11.3 Å². The Morgan fingerprint density at radius 3 is 3.11 bits per heavy atom. The zero-order valence-corrected chi connectivity index (χ0v) is 13.3. The summed E-state index contributed by atoms with van der Waals surface area (Å²) in [5.41, 5.74) is 1.89. The van der Waals surface area contributed by atoms with Crippen molar-refractivity contribution in [3.05, 3.63) is 29.8 Å². The molecule has 0 aliphatic carbocycles. The fraction of sp³-hybridized carbons (Fsp3) is 0.250. The Morgan fingerprint density at radius 2 is 2.32 bits per heavy atom. The van der Waals surface area contributed by atoms with Gasteiger partial charge in [-0.25, -0.2) is 4.57 Å². The molecule has 1 aliphatic heterocycles. The molecule has 3 rings (SSSR count). The number of nitrogens with zero attached hydrogens (tertiary/aromatic N) is 4. The number of halogens is 1. The Bertz CT molecular complexity index is 628. The molecule has 0 unspecified atom stereocenters. The smallest absolute Gasteiger partial charge is 0.408 e. The Labute approximate surface area is 129 Å². The van der Waals surface area contributed by atoms with Gasteiger partial charge in [-0.3, -0.25) is 0 Å². The third-order valence-electron chi connectivity index (χ3n) is 2.76. The average molecular weight is 387 g/mol. The van der Waals surface area contributed by atoms with Gasteiger partial charge in [0.25, 0.3) is 0 Å². The van der Waals surface area contributed by atoms with E-state index in [0.717, 1.165) is 28.8 Å². The summed E-state index contributed by atoms with van der Waals surface area (Å²) in [4.78, 5) is 0. The average Bonchev–Trinajstić information content (AvgIpc) is 2.82. The molecular formula is C12H12IN4OS+. The molecule has 0 amide bonds. The molecule has 2 heterocycles. The van der Waals surface area contributed by atoms with E-state index in [1.165, 1.54) is 0 Å². The molecule has 1 aromatic carbocycles. The van der Waals surface area contributed by atoms with Gasteiger partial charge in [0.2, 0.25) is 0 Å². The van der Waals surface area contributed by atoms with Crippen LogP contribution in [0.2, 0.25) is 0 Å². The van der Waals surface area contributed by atoms with Gasteiger partial charge in [-0.15, -0.1) is 0 Å². The molecule has 1 aromatic heterocycles. The maximum absolute atomic E-state index is 5.64. The van der Waals surface area contributed by atoms with Crippen LogP contribution in [-0.2, 0) is 7.05 Å². The van der Waals surface area contributed by atoms with Gasteiger partial charge >= 0.3 is 5.13 Å². The van der Waals surface area contributed by atoms with Crippen LogP contribution < -0.4 is 12.4 Å². The molecule has 0 bridgehead atoms. The van der Waals surface area contributed by atoms with Crippen molar-refractivity contribution in [1.29, 1.82) is 0 Å². The number of thiazole rings is 1. The van der Waals surface area contributed by atoms with Gasteiger partial charge in [-0.2, -0.15) is 0 Å². The first kappa shape index (κ1) is 12.8. The number of benzene rings is 1. The lowest BCUT2D eigenvalue weighted by Crippen LogP contribution is -2.23. The summed E-state index contributed by atoms with van der Waals surface area (Å²) in [6.07, 6.45) is 1.96. The second kappa shape index (κ2) is 5.41. The molecule has 0 fully saturated rings. The Morgan fingerprint density at radius 1 is 1.42 bits per heavy atom. The van der Waals surface area contributed by atoms with Gasteiger partial charge in [0.15, 0.2) is 0 Å². The summed E-state index contributed by atoms with van der Waals surface area (Å²) in [6.45, 7) is 1.61. The number of aromatic nitrogens is 1. The van der Waals surface area contributed by atoms with Crippen molar-refractivity contribution in [2.45, 2.75) is 0 Å². The maximum atomic E-state index is 5.64. The molecule has 0 radical (unpaired) electrons. The molecular weight excluding hydrogens is 375 g/mol. The summed E-state index contributed by atoms with van der Waals surface area (Å²) >= 11 is 3.85. The van der Waals surface area contributed by atoms with E-state index in [9.17, 15) is 0 Å². The molecule has 0 saturated carbocycles. The lowest BCUT2D eigenvalue weighted by molar-refractivity contribution is -0.654. The van der Waals surface area contributed by atoms with E-state index in [0.29, 0.717) is 6.61 Å². The van der Waals surface area contributed by atoms with Crippen molar-refractivity contribution in [2.75, 3.05) is 16.3 Å². The van der Waals surface area contributed by atoms with E-state index in [1.807, 2.05) is 41.4 Å². The standard InChI is InChI=1S/C12H12IN4OS/c1-16-5-7-19-12(16)15-14-9-2-3-10-11(8-9)18-6-4-17(10)13/h2-3,5,7-8H,4,6H2,1H3/q+1. The molecule has 98 valence electrons. The van der Waals surface area contributed by atoms with E-state index in [4.69, 9.17) is 4.74 Å². The predicted octanol–water partition coefficient (Wildman–Crippen LogP) is 3.54. The first-order chi connectivity index (χ1) is 9.24. The summed E-state index contributed by atoms with van der Waals surface area (Å²) < 4.78 is 9.73. The van der Waals surface area contributed by atoms with Gasteiger partial charge in [-0.05, 0) is 28.6 Å². The molecule has 5 nitrogen and oxygen atoms in total. The van der Waals surface area contributed by atoms with E-state index in [2.05, 4.69) is 36.2 Å². The topological polar surface area (TPSA) is 41.1 Å². The minimum Gasteiger partial charge on any atom is -0.489 e. The van der Waals surface area contributed by atoms with E-state index < -0.39 is 0 Å². The minimum atomic E-state index is 0.705. The first-order valence-electron chi connectivity index (χ1n) is 5.79. The molecule has 0 atom stereocenters. The van der Waals surface area contributed by atoms with Crippen LogP contribution in [-0.4, -0.2) is 13.2 Å². The highest BCUT2D eigenvalue weighted by Crippen LogP contribution is 2.36. The molecule has 0 N–H and O–H groups in total. The largest absolute Gasteiger partial charge is 0.489 e. The van der Waals surface area contributed by atoms with Crippen molar-refractivity contribution >= 4 is 50.7 Å². The fourth-order valence-corrected chi connectivity index (χ4v) is 3.04. The fourth-order valence-electron chi connectivity index (χ4n) is 1.76. The second-order valence-corrected chi connectivity index (χ2v) is 6.12. The van der Waals surface area contributed by atoms with E-state index >= 15 is 0 Å². The summed E-state index contributed by atoms with van der Waals surface area (Å²) in [5.74, 6) is 0.868. The molecule has 2 aromatic rings. The van der Waals surface area contributed by atoms with Gasteiger partial charge in [-0.1, -0.05) is 0 Å². The van der Waals surface area contributed by atoms with Crippen LogP contribution in [0.5, 0.6) is 5.75 Å². The molecule has 19 heavy (non-hydrogen) atoms. The van der Waals surface area contributed by atoms with Crippen LogP contribution in [0.3, 0.4) is 0 Å². The zero-order valence-electron chi connectivity index (χ0n) is 10.3. The Hall–Kier alpha value is -1.22. The molecule has 1 aliphatic rings. The number of ether oxygens (including phenoxy) is 1. The lowest BCUT2D eigenvalue weighted by Gasteiger charge is -2.25. The van der Waals surface area contributed by atoms with Crippen molar-refractivity contribution < 1.29 is 9.30 Å². The number of hydrogen-bond acceptors (Lipinski definition) is 5. The monoisotopic (exact) mass is 387 g/mol. The Kier molecular flexibility index (Phi) is 3.65. The second-order valence-electron chi connectivity index (χ2n) is 4.08.